The highest BCUT2D eigenvalue weighted by molar-refractivity contribution is 5.70. The molecule has 9 heteroatoms. The van der Waals surface area contributed by atoms with Crippen LogP contribution in [-0.2, 0) is 14.3 Å². The number of nitrogen functional groups attached to an aromatic ring is 3. The zero-order valence-electron chi connectivity index (χ0n) is 9.01. The third-order valence-electron chi connectivity index (χ3n) is 1.18. The standard InChI is InChI=1S/C4H8O3.C3H6N6/c1-6-3-4(5)7-2;4-1-7-2(5)9-3(6)8-1/h3H2,1-2H3;(H6,4,5,6,7,8,9). The second kappa shape index (κ2) is 7.17. The highest BCUT2D eigenvalue weighted by Gasteiger charge is 1.94. The molecule has 0 radical (unpaired) electrons. The Kier molecular flexibility index (Phi) is 6.21. The summed E-state index contributed by atoms with van der Waals surface area (Å²) >= 11 is 0. The van der Waals surface area contributed by atoms with Crippen LogP contribution < -0.4 is 17.2 Å². The van der Waals surface area contributed by atoms with Crippen LogP contribution >= 0.6 is 0 Å². The number of hydrogen-bond acceptors (Lipinski definition) is 9. The fourth-order valence-corrected chi connectivity index (χ4v) is 0.604. The molecular weight excluding hydrogens is 216 g/mol. The van der Waals surface area contributed by atoms with Crippen LogP contribution in [0.4, 0.5) is 17.8 Å². The van der Waals surface area contributed by atoms with Gasteiger partial charge in [-0.3, -0.25) is 0 Å². The Morgan fingerprint density at radius 3 is 1.62 bits per heavy atom. The molecule has 16 heavy (non-hydrogen) atoms. The zero-order chi connectivity index (χ0) is 12.6. The summed E-state index contributed by atoms with van der Waals surface area (Å²) in [6.07, 6.45) is 0. The second-order valence-electron chi connectivity index (χ2n) is 2.42. The van der Waals surface area contributed by atoms with Crippen LogP contribution in [0.15, 0.2) is 0 Å². The molecule has 0 aliphatic rings. The smallest absolute Gasteiger partial charge is 0.331 e. The highest BCUT2D eigenvalue weighted by atomic mass is 16.6. The predicted molar refractivity (Wildman–Crippen MR) is 57.0 cm³/mol. The van der Waals surface area contributed by atoms with Crippen LogP contribution in [0.3, 0.4) is 0 Å². The summed E-state index contributed by atoms with van der Waals surface area (Å²) in [6.45, 7) is 0.0382. The molecule has 90 valence electrons. The lowest BCUT2D eigenvalue weighted by atomic mass is 10.7. The number of ether oxygens (including phenoxy) is 2. The van der Waals surface area contributed by atoms with Gasteiger partial charge in [-0.2, -0.15) is 15.0 Å². The molecule has 0 saturated carbocycles. The molecule has 0 aliphatic carbocycles. The number of methoxy groups -OCH3 is 2. The van der Waals surface area contributed by atoms with Gasteiger partial charge in [-0.15, -0.1) is 0 Å². The minimum absolute atomic E-state index is 0.0382. The number of rotatable bonds is 2. The lowest BCUT2D eigenvalue weighted by molar-refractivity contribution is -0.144. The first-order valence-electron chi connectivity index (χ1n) is 4.07. The van der Waals surface area contributed by atoms with Crippen LogP contribution in [0.5, 0.6) is 0 Å². The van der Waals surface area contributed by atoms with Gasteiger partial charge in [0, 0.05) is 7.11 Å². The monoisotopic (exact) mass is 230 g/mol. The van der Waals surface area contributed by atoms with Crippen molar-refractivity contribution in [3.05, 3.63) is 0 Å². The van der Waals surface area contributed by atoms with E-state index in [1.807, 2.05) is 0 Å². The molecule has 1 heterocycles. The van der Waals surface area contributed by atoms with E-state index < -0.39 is 0 Å². The van der Waals surface area contributed by atoms with E-state index in [9.17, 15) is 4.79 Å². The third-order valence-corrected chi connectivity index (χ3v) is 1.18. The fourth-order valence-electron chi connectivity index (χ4n) is 0.604. The summed E-state index contributed by atoms with van der Waals surface area (Å²) in [6, 6.07) is 0. The summed E-state index contributed by atoms with van der Waals surface area (Å²) in [5.41, 5.74) is 15.4. The Morgan fingerprint density at radius 2 is 1.44 bits per heavy atom. The maximum absolute atomic E-state index is 10.1. The lowest BCUT2D eigenvalue weighted by Gasteiger charge is -1.93. The van der Waals surface area contributed by atoms with Crippen molar-refractivity contribution in [3.63, 3.8) is 0 Å². The first-order chi connectivity index (χ1) is 7.49. The molecule has 1 rings (SSSR count). The second-order valence-corrected chi connectivity index (χ2v) is 2.42. The van der Waals surface area contributed by atoms with Gasteiger partial charge in [-0.25, -0.2) is 4.79 Å². The molecule has 0 aliphatic heterocycles. The van der Waals surface area contributed by atoms with Crippen LogP contribution in [0.1, 0.15) is 0 Å². The molecule has 1 aromatic heterocycles. The molecule has 0 saturated heterocycles. The molecule has 0 spiro atoms. The van der Waals surface area contributed by atoms with Crippen molar-refractivity contribution in [2.24, 2.45) is 0 Å². The molecule has 0 unspecified atom stereocenters. The summed E-state index contributed by atoms with van der Waals surface area (Å²) < 4.78 is 8.65. The Labute approximate surface area is 92.0 Å². The number of carbonyl (C=O) groups excluding carboxylic acids is 1. The van der Waals surface area contributed by atoms with Gasteiger partial charge >= 0.3 is 5.97 Å². The number of nitrogens with zero attached hydrogens (tertiary/aromatic N) is 3. The summed E-state index contributed by atoms with van der Waals surface area (Å²) in [4.78, 5) is 20.5. The summed E-state index contributed by atoms with van der Waals surface area (Å²) in [5, 5.41) is 0. The minimum atomic E-state index is -0.345. The van der Waals surface area contributed by atoms with Gasteiger partial charge in [-0.05, 0) is 0 Å². The molecule has 0 bridgehead atoms. The number of aromatic nitrogens is 3. The van der Waals surface area contributed by atoms with Crippen LogP contribution in [-0.4, -0.2) is 41.7 Å². The first kappa shape index (κ1) is 13.8. The molecule has 0 amide bonds. The van der Waals surface area contributed by atoms with E-state index in [1.54, 1.807) is 0 Å². The van der Waals surface area contributed by atoms with E-state index >= 15 is 0 Å². The minimum Gasteiger partial charge on any atom is -0.467 e. The average Bonchev–Trinajstić information content (AvgIpc) is 2.16. The van der Waals surface area contributed by atoms with Crippen molar-refractivity contribution in [3.8, 4) is 0 Å². The summed E-state index contributed by atoms with van der Waals surface area (Å²) in [5.74, 6) is -0.220. The molecular formula is C7H14N6O3. The van der Waals surface area contributed by atoms with Crippen LogP contribution in [0.25, 0.3) is 0 Å². The van der Waals surface area contributed by atoms with E-state index in [0.717, 1.165) is 0 Å². The van der Waals surface area contributed by atoms with Gasteiger partial charge in [-0.1, -0.05) is 0 Å². The van der Waals surface area contributed by atoms with Crippen LogP contribution in [0.2, 0.25) is 0 Å². The number of esters is 1. The SMILES string of the molecule is COCC(=O)OC.Nc1nc(N)nc(N)n1. The van der Waals surface area contributed by atoms with E-state index in [1.165, 1.54) is 14.2 Å². The first-order valence-corrected chi connectivity index (χ1v) is 4.07. The van der Waals surface area contributed by atoms with Crippen molar-refractivity contribution in [1.29, 1.82) is 0 Å². The van der Waals surface area contributed by atoms with Gasteiger partial charge in [0.1, 0.15) is 6.61 Å². The number of nitrogens with two attached hydrogens (primary N) is 3. The number of hydrogen-bond donors (Lipinski definition) is 3. The van der Waals surface area contributed by atoms with Gasteiger partial charge in [0.05, 0.1) is 7.11 Å². The van der Waals surface area contributed by atoms with Crippen molar-refractivity contribution >= 4 is 23.8 Å². The maximum atomic E-state index is 10.1. The van der Waals surface area contributed by atoms with Gasteiger partial charge in [0.2, 0.25) is 17.8 Å². The van der Waals surface area contributed by atoms with Crippen molar-refractivity contribution in [2.45, 2.75) is 0 Å². The van der Waals surface area contributed by atoms with E-state index in [4.69, 9.17) is 17.2 Å². The maximum Gasteiger partial charge on any atom is 0.331 e. The van der Waals surface area contributed by atoms with E-state index in [2.05, 4.69) is 24.4 Å². The predicted octanol–water partition coefficient (Wildman–Crippen LogP) is -1.58. The van der Waals surface area contributed by atoms with Crippen molar-refractivity contribution in [2.75, 3.05) is 38.0 Å². The molecule has 1 aromatic rings. The zero-order valence-corrected chi connectivity index (χ0v) is 9.01. The fraction of sp³-hybridized carbons (Fsp3) is 0.429. The average molecular weight is 230 g/mol. The molecule has 0 atom stereocenters. The molecule has 0 fully saturated rings. The topological polar surface area (TPSA) is 152 Å². The van der Waals surface area contributed by atoms with Gasteiger partial charge in [0.15, 0.2) is 0 Å². The quantitative estimate of drug-likeness (QED) is 0.511. The van der Waals surface area contributed by atoms with Crippen molar-refractivity contribution in [1.82, 2.24) is 15.0 Å². The van der Waals surface area contributed by atoms with Crippen molar-refractivity contribution < 1.29 is 14.3 Å². The van der Waals surface area contributed by atoms with Crippen LogP contribution in [0, 0.1) is 0 Å². The normalized spacial score (nSPS) is 8.88. The largest absolute Gasteiger partial charge is 0.467 e. The number of carbonyl (C=O) groups is 1. The molecule has 9 nitrogen and oxygen atoms in total. The Bertz CT molecular complexity index is 294. The Hall–Kier alpha value is -2.16. The molecule has 0 aromatic carbocycles. The van der Waals surface area contributed by atoms with E-state index in [0.29, 0.717) is 0 Å². The van der Waals surface area contributed by atoms with E-state index in [-0.39, 0.29) is 30.4 Å². The highest BCUT2D eigenvalue weighted by Crippen LogP contribution is 1.97. The van der Waals surface area contributed by atoms with Gasteiger partial charge in [0.25, 0.3) is 0 Å². The molecule has 6 N–H and O–H groups in total. The lowest BCUT2D eigenvalue weighted by Crippen LogP contribution is -2.07. The number of anilines is 3. The van der Waals surface area contributed by atoms with Gasteiger partial charge < -0.3 is 26.7 Å². The third kappa shape index (κ3) is 6.32. The Balaban J connectivity index is 0.000000293. The summed E-state index contributed by atoms with van der Waals surface area (Å²) in [7, 11) is 2.76. The Morgan fingerprint density at radius 1 is 1.06 bits per heavy atom.